The Kier molecular flexibility index (Phi) is 5.56. The third-order valence-electron chi connectivity index (χ3n) is 3.66. The Bertz CT molecular complexity index is 555. The van der Waals surface area contributed by atoms with Crippen molar-refractivity contribution in [3.8, 4) is 0 Å². The molecule has 2 heterocycles. The first-order chi connectivity index (χ1) is 10.2. The first-order valence-corrected chi connectivity index (χ1v) is 7.98. The zero-order chi connectivity index (χ0) is 15.2. The maximum Gasteiger partial charge on any atom is 0.0781 e. The summed E-state index contributed by atoms with van der Waals surface area (Å²) in [5.74, 6) is 0. The van der Waals surface area contributed by atoms with Gasteiger partial charge in [0.05, 0.1) is 17.4 Å². The van der Waals surface area contributed by atoms with Crippen LogP contribution in [0.2, 0.25) is 0 Å². The fourth-order valence-corrected chi connectivity index (χ4v) is 2.72. The van der Waals surface area contributed by atoms with E-state index in [1.165, 1.54) is 11.3 Å². The molecule has 2 aromatic rings. The predicted octanol–water partition coefficient (Wildman–Crippen LogP) is 2.68. The van der Waals surface area contributed by atoms with E-state index >= 15 is 0 Å². The Morgan fingerprint density at radius 2 is 2.05 bits per heavy atom. The van der Waals surface area contributed by atoms with E-state index in [0.717, 1.165) is 38.0 Å². The lowest BCUT2D eigenvalue weighted by atomic mass is 10.0. The van der Waals surface area contributed by atoms with Crippen molar-refractivity contribution in [3.05, 3.63) is 35.4 Å². The Balaban J connectivity index is 2.39. The highest BCUT2D eigenvalue weighted by atomic mass is 15.3. The molecule has 0 aliphatic carbocycles. The Labute approximate surface area is 127 Å². The molecule has 0 saturated carbocycles. The first-order valence-electron chi connectivity index (χ1n) is 7.98. The maximum atomic E-state index is 4.59. The largest absolute Gasteiger partial charge is 0.305 e. The molecule has 5 nitrogen and oxygen atoms in total. The van der Waals surface area contributed by atoms with Gasteiger partial charge in [0, 0.05) is 31.5 Å². The van der Waals surface area contributed by atoms with Gasteiger partial charge >= 0.3 is 0 Å². The van der Waals surface area contributed by atoms with Crippen molar-refractivity contribution >= 4 is 0 Å². The van der Waals surface area contributed by atoms with E-state index < -0.39 is 0 Å². The zero-order valence-corrected chi connectivity index (χ0v) is 13.6. The molecule has 1 unspecified atom stereocenters. The molecule has 0 spiro atoms. The number of nitrogens with one attached hydrogen (secondary N) is 1. The van der Waals surface area contributed by atoms with Crippen LogP contribution in [0.1, 0.15) is 56.6 Å². The second-order valence-electron chi connectivity index (χ2n) is 5.42. The number of rotatable bonds is 8. The minimum Gasteiger partial charge on any atom is -0.305 e. The molecule has 21 heavy (non-hydrogen) atoms. The van der Waals surface area contributed by atoms with E-state index in [9.17, 15) is 0 Å². The van der Waals surface area contributed by atoms with Crippen molar-refractivity contribution in [2.75, 3.05) is 6.54 Å². The lowest BCUT2D eigenvalue weighted by Crippen LogP contribution is -2.26. The van der Waals surface area contributed by atoms with Gasteiger partial charge in [-0.05, 0) is 31.9 Å². The Morgan fingerprint density at radius 3 is 2.71 bits per heavy atom. The smallest absolute Gasteiger partial charge is 0.0781 e. The molecule has 1 N–H and O–H groups in total. The lowest BCUT2D eigenvalue weighted by molar-refractivity contribution is 0.510. The molecule has 0 aliphatic rings. The van der Waals surface area contributed by atoms with Gasteiger partial charge in [-0.25, -0.2) is 0 Å². The third-order valence-corrected chi connectivity index (χ3v) is 3.66. The average Bonchev–Trinajstić information content (AvgIpc) is 3.07. The van der Waals surface area contributed by atoms with Crippen molar-refractivity contribution in [2.24, 2.45) is 7.05 Å². The number of aryl methyl sites for hydroxylation is 3. The van der Waals surface area contributed by atoms with Crippen LogP contribution in [0.5, 0.6) is 0 Å². The SMILES string of the molecule is CCCNC(c1cn(C)nc1CC)c1ccnn1CCC. The molecule has 0 aliphatic heterocycles. The van der Waals surface area contributed by atoms with Gasteiger partial charge in [-0.15, -0.1) is 0 Å². The van der Waals surface area contributed by atoms with E-state index in [4.69, 9.17) is 0 Å². The van der Waals surface area contributed by atoms with Crippen LogP contribution in [0.25, 0.3) is 0 Å². The van der Waals surface area contributed by atoms with Crippen LogP contribution in [-0.2, 0) is 20.0 Å². The van der Waals surface area contributed by atoms with E-state index in [1.807, 2.05) is 17.9 Å². The number of aromatic nitrogens is 4. The fourth-order valence-electron chi connectivity index (χ4n) is 2.72. The molecule has 0 bridgehead atoms. The molecule has 0 radical (unpaired) electrons. The summed E-state index contributed by atoms with van der Waals surface area (Å²) in [5, 5.41) is 12.7. The van der Waals surface area contributed by atoms with E-state index in [0.29, 0.717) is 0 Å². The van der Waals surface area contributed by atoms with Crippen LogP contribution in [0.15, 0.2) is 18.5 Å². The summed E-state index contributed by atoms with van der Waals surface area (Å²) in [6, 6.07) is 2.29. The minimum absolute atomic E-state index is 0.169. The minimum atomic E-state index is 0.169. The van der Waals surface area contributed by atoms with Gasteiger partial charge in [0.1, 0.15) is 0 Å². The van der Waals surface area contributed by atoms with Gasteiger partial charge in [0.2, 0.25) is 0 Å². The molecule has 0 amide bonds. The van der Waals surface area contributed by atoms with Gasteiger partial charge in [-0.2, -0.15) is 10.2 Å². The van der Waals surface area contributed by atoms with Gasteiger partial charge in [-0.3, -0.25) is 9.36 Å². The molecule has 5 heteroatoms. The highest BCUT2D eigenvalue weighted by Gasteiger charge is 2.22. The Hall–Kier alpha value is -1.62. The van der Waals surface area contributed by atoms with Crippen LogP contribution in [0.4, 0.5) is 0 Å². The van der Waals surface area contributed by atoms with Crippen LogP contribution < -0.4 is 5.32 Å². The molecule has 1 atom stereocenters. The van der Waals surface area contributed by atoms with Crippen molar-refractivity contribution in [1.29, 1.82) is 0 Å². The molecule has 2 rings (SSSR count). The molecular weight excluding hydrogens is 262 g/mol. The number of hydrogen-bond donors (Lipinski definition) is 1. The van der Waals surface area contributed by atoms with Crippen LogP contribution in [0.3, 0.4) is 0 Å². The van der Waals surface area contributed by atoms with Crippen molar-refractivity contribution in [3.63, 3.8) is 0 Å². The quantitative estimate of drug-likeness (QED) is 0.813. The van der Waals surface area contributed by atoms with Gasteiger partial charge in [0.25, 0.3) is 0 Å². The van der Waals surface area contributed by atoms with Crippen LogP contribution >= 0.6 is 0 Å². The molecular formula is C16H27N5. The molecule has 0 aromatic carbocycles. The first kappa shape index (κ1) is 15.8. The summed E-state index contributed by atoms with van der Waals surface area (Å²) in [6.45, 7) is 8.47. The summed E-state index contributed by atoms with van der Waals surface area (Å²) in [6.07, 6.45) is 7.18. The molecule has 116 valence electrons. The summed E-state index contributed by atoms with van der Waals surface area (Å²) in [5.41, 5.74) is 3.66. The Morgan fingerprint density at radius 1 is 1.24 bits per heavy atom. The lowest BCUT2D eigenvalue weighted by Gasteiger charge is -2.20. The molecule has 0 fully saturated rings. The van der Waals surface area contributed by atoms with Crippen molar-refractivity contribution < 1.29 is 0 Å². The summed E-state index contributed by atoms with van der Waals surface area (Å²) >= 11 is 0. The normalized spacial score (nSPS) is 12.8. The van der Waals surface area contributed by atoms with Crippen LogP contribution in [0, 0.1) is 0 Å². The van der Waals surface area contributed by atoms with Gasteiger partial charge in [-0.1, -0.05) is 20.8 Å². The molecule has 2 aromatic heterocycles. The second kappa shape index (κ2) is 7.41. The van der Waals surface area contributed by atoms with Gasteiger partial charge in [0.15, 0.2) is 0 Å². The standard InChI is InChI=1S/C16H27N5/c1-5-9-17-16(13-12-20(4)19-14(13)7-3)15-8-10-18-21(15)11-6-2/h8,10,12,16-17H,5-7,9,11H2,1-4H3. The van der Waals surface area contributed by atoms with Crippen molar-refractivity contribution in [1.82, 2.24) is 24.9 Å². The monoisotopic (exact) mass is 289 g/mol. The van der Waals surface area contributed by atoms with E-state index in [1.54, 1.807) is 0 Å². The van der Waals surface area contributed by atoms with Crippen LogP contribution in [-0.4, -0.2) is 26.1 Å². The van der Waals surface area contributed by atoms with Crippen molar-refractivity contribution in [2.45, 2.75) is 52.6 Å². The number of hydrogen-bond acceptors (Lipinski definition) is 3. The highest BCUT2D eigenvalue weighted by molar-refractivity contribution is 5.29. The predicted molar refractivity (Wildman–Crippen MR) is 85.2 cm³/mol. The van der Waals surface area contributed by atoms with E-state index in [2.05, 4.69) is 53.2 Å². The summed E-state index contributed by atoms with van der Waals surface area (Å²) in [7, 11) is 1.99. The summed E-state index contributed by atoms with van der Waals surface area (Å²) < 4.78 is 4.02. The van der Waals surface area contributed by atoms with E-state index in [-0.39, 0.29) is 6.04 Å². The fraction of sp³-hybridized carbons (Fsp3) is 0.625. The summed E-state index contributed by atoms with van der Waals surface area (Å²) in [4.78, 5) is 0. The third kappa shape index (κ3) is 3.53. The number of nitrogens with zero attached hydrogens (tertiary/aromatic N) is 4. The maximum absolute atomic E-state index is 4.59. The average molecular weight is 289 g/mol. The van der Waals surface area contributed by atoms with Gasteiger partial charge < -0.3 is 5.32 Å². The topological polar surface area (TPSA) is 47.7 Å². The molecule has 0 saturated heterocycles. The highest BCUT2D eigenvalue weighted by Crippen LogP contribution is 2.25. The zero-order valence-electron chi connectivity index (χ0n) is 13.6. The second-order valence-corrected chi connectivity index (χ2v) is 5.42.